The Morgan fingerprint density at radius 2 is 2.18 bits per heavy atom. The number of nitrogens with zero attached hydrogens (tertiary/aromatic N) is 3. The third-order valence-corrected chi connectivity index (χ3v) is 4.27. The van der Waals surface area contributed by atoms with Gasteiger partial charge in [-0.2, -0.15) is 11.8 Å². The number of aromatic nitrogens is 2. The number of thioether (sulfide) groups is 1. The number of nitrogens with one attached hydrogen (secondary N) is 1. The van der Waals surface area contributed by atoms with Crippen LogP contribution in [0.2, 0.25) is 0 Å². The zero-order valence-corrected chi connectivity index (χ0v) is 11.3. The van der Waals surface area contributed by atoms with E-state index in [1.807, 2.05) is 31.2 Å². The quantitative estimate of drug-likeness (QED) is 0.880. The van der Waals surface area contributed by atoms with E-state index in [4.69, 9.17) is 0 Å². The molecule has 0 bridgehead atoms. The van der Waals surface area contributed by atoms with E-state index >= 15 is 0 Å². The minimum atomic E-state index is 0.780. The molecule has 0 unspecified atom stereocenters. The van der Waals surface area contributed by atoms with Gasteiger partial charge in [0.2, 0.25) is 0 Å². The van der Waals surface area contributed by atoms with Crippen LogP contribution >= 0.6 is 11.8 Å². The third kappa shape index (κ3) is 3.33. The standard InChI is InChI=1S/C12H20N4S/c1-13-7-10-8-14-9-12(15-10)16-5-3-11(17-2)4-6-16/h8-9,11,13H,3-7H2,1-2H3. The number of anilines is 1. The molecule has 4 nitrogen and oxygen atoms in total. The van der Waals surface area contributed by atoms with E-state index in [1.165, 1.54) is 12.8 Å². The number of hydrogen-bond acceptors (Lipinski definition) is 5. The molecule has 17 heavy (non-hydrogen) atoms. The molecule has 0 saturated carbocycles. The number of rotatable bonds is 4. The molecule has 0 spiro atoms. The second-order valence-electron chi connectivity index (χ2n) is 4.32. The van der Waals surface area contributed by atoms with Crippen LogP contribution in [0.25, 0.3) is 0 Å². The number of hydrogen-bond donors (Lipinski definition) is 1. The van der Waals surface area contributed by atoms with Gasteiger partial charge in [-0.1, -0.05) is 0 Å². The lowest BCUT2D eigenvalue weighted by atomic mass is 10.1. The topological polar surface area (TPSA) is 41.1 Å². The minimum absolute atomic E-state index is 0.780. The molecular weight excluding hydrogens is 232 g/mol. The molecule has 1 aromatic heterocycles. The molecule has 1 aliphatic heterocycles. The normalized spacial score (nSPS) is 17.4. The summed E-state index contributed by atoms with van der Waals surface area (Å²) in [7, 11) is 1.93. The van der Waals surface area contributed by atoms with Crippen molar-refractivity contribution in [2.24, 2.45) is 0 Å². The summed E-state index contributed by atoms with van der Waals surface area (Å²) in [4.78, 5) is 11.2. The van der Waals surface area contributed by atoms with Crippen LogP contribution in [0.1, 0.15) is 18.5 Å². The fourth-order valence-corrected chi connectivity index (χ4v) is 2.82. The maximum atomic E-state index is 4.63. The van der Waals surface area contributed by atoms with Gasteiger partial charge in [0, 0.05) is 31.1 Å². The van der Waals surface area contributed by atoms with Crippen molar-refractivity contribution in [1.29, 1.82) is 0 Å². The van der Waals surface area contributed by atoms with Crippen molar-refractivity contribution in [3.05, 3.63) is 18.1 Å². The van der Waals surface area contributed by atoms with Gasteiger partial charge in [-0.05, 0) is 26.1 Å². The molecule has 2 heterocycles. The van der Waals surface area contributed by atoms with Crippen molar-refractivity contribution in [2.45, 2.75) is 24.6 Å². The van der Waals surface area contributed by atoms with Crippen LogP contribution in [-0.2, 0) is 6.54 Å². The molecule has 1 fully saturated rings. The molecule has 0 atom stereocenters. The van der Waals surface area contributed by atoms with E-state index in [-0.39, 0.29) is 0 Å². The first-order valence-corrected chi connectivity index (χ1v) is 7.35. The van der Waals surface area contributed by atoms with Gasteiger partial charge in [0.25, 0.3) is 0 Å². The highest BCUT2D eigenvalue weighted by Crippen LogP contribution is 2.23. The second kappa shape index (κ2) is 6.21. The fourth-order valence-electron chi connectivity index (χ4n) is 2.13. The first kappa shape index (κ1) is 12.6. The van der Waals surface area contributed by atoms with Crippen LogP contribution in [-0.4, -0.2) is 41.6 Å². The maximum Gasteiger partial charge on any atom is 0.147 e. The van der Waals surface area contributed by atoms with Gasteiger partial charge < -0.3 is 10.2 Å². The van der Waals surface area contributed by atoms with E-state index < -0.39 is 0 Å². The molecule has 0 radical (unpaired) electrons. The van der Waals surface area contributed by atoms with Gasteiger partial charge in [-0.15, -0.1) is 0 Å². The highest BCUT2D eigenvalue weighted by Gasteiger charge is 2.19. The predicted molar refractivity (Wildman–Crippen MR) is 73.5 cm³/mol. The summed E-state index contributed by atoms with van der Waals surface area (Å²) >= 11 is 1.98. The van der Waals surface area contributed by atoms with Crippen LogP contribution in [0.4, 0.5) is 5.82 Å². The number of piperidine rings is 1. The first-order valence-electron chi connectivity index (χ1n) is 6.06. The molecule has 1 aliphatic rings. The maximum absolute atomic E-state index is 4.63. The van der Waals surface area contributed by atoms with E-state index in [9.17, 15) is 0 Å². The predicted octanol–water partition coefficient (Wildman–Crippen LogP) is 1.53. The average Bonchev–Trinajstić information content (AvgIpc) is 2.40. The van der Waals surface area contributed by atoms with E-state index in [1.54, 1.807) is 0 Å². The molecule has 1 saturated heterocycles. The Kier molecular flexibility index (Phi) is 4.62. The van der Waals surface area contributed by atoms with Crippen LogP contribution in [0, 0.1) is 0 Å². The molecule has 94 valence electrons. The summed E-state index contributed by atoms with van der Waals surface area (Å²) in [6.45, 7) is 2.98. The molecule has 1 aromatic rings. The first-order chi connectivity index (χ1) is 8.33. The summed E-state index contributed by atoms with van der Waals surface area (Å²) in [5.74, 6) is 1.03. The van der Waals surface area contributed by atoms with Gasteiger partial charge in [-0.3, -0.25) is 4.98 Å². The van der Waals surface area contributed by atoms with E-state index in [0.717, 1.165) is 36.4 Å². The highest BCUT2D eigenvalue weighted by molar-refractivity contribution is 7.99. The Labute approximate surface area is 107 Å². The SMILES string of the molecule is CNCc1cncc(N2CCC(SC)CC2)n1. The van der Waals surface area contributed by atoms with Gasteiger partial charge >= 0.3 is 0 Å². The van der Waals surface area contributed by atoms with Gasteiger partial charge in [0.1, 0.15) is 5.82 Å². The lowest BCUT2D eigenvalue weighted by Crippen LogP contribution is -2.35. The van der Waals surface area contributed by atoms with Crippen LogP contribution in [0.5, 0.6) is 0 Å². The largest absolute Gasteiger partial charge is 0.355 e. The zero-order chi connectivity index (χ0) is 12.1. The Morgan fingerprint density at radius 1 is 1.41 bits per heavy atom. The highest BCUT2D eigenvalue weighted by atomic mass is 32.2. The molecule has 0 aromatic carbocycles. The summed E-state index contributed by atoms with van der Waals surface area (Å²) in [5.41, 5.74) is 1.01. The summed E-state index contributed by atoms with van der Waals surface area (Å²) in [5, 5.41) is 3.93. The molecule has 0 aliphatic carbocycles. The minimum Gasteiger partial charge on any atom is -0.355 e. The molecule has 5 heteroatoms. The van der Waals surface area contributed by atoms with Crippen molar-refractivity contribution in [3.8, 4) is 0 Å². The van der Waals surface area contributed by atoms with Gasteiger partial charge in [0.15, 0.2) is 0 Å². The van der Waals surface area contributed by atoms with Crippen molar-refractivity contribution in [1.82, 2.24) is 15.3 Å². The monoisotopic (exact) mass is 252 g/mol. The Hall–Kier alpha value is -0.810. The summed E-state index contributed by atoms with van der Waals surface area (Å²) in [6, 6.07) is 0. The van der Waals surface area contributed by atoms with Crippen molar-refractivity contribution in [3.63, 3.8) is 0 Å². The smallest absolute Gasteiger partial charge is 0.147 e. The van der Waals surface area contributed by atoms with Crippen molar-refractivity contribution >= 4 is 17.6 Å². The Bertz CT molecular complexity index is 350. The van der Waals surface area contributed by atoms with Crippen LogP contribution in [0.15, 0.2) is 12.4 Å². The fraction of sp³-hybridized carbons (Fsp3) is 0.667. The third-order valence-electron chi connectivity index (χ3n) is 3.13. The molecule has 1 N–H and O–H groups in total. The molecule has 2 rings (SSSR count). The van der Waals surface area contributed by atoms with Gasteiger partial charge in [0.05, 0.1) is 11.9 Å². The average molecular weight is 252 g/mol. The van der Waals surface area contributed by atoms with Crippen LogP contribution in [0.3, 0.4) is 0 Å². The van der Waals surface area contributed by atoms with E-state index in [2.05, 4.69) is 26.4 Å². The molecular formula is C12H20N4S. The van der Waals surface area contributed by atoms with Crippen molar-refractivity contribution < 1.29 is 0 Å². The van der Waals surface area contributed by atoms with E-state index in [0.29, 0.717) is 0 Å². The summed E-state index contributed by atoms with van der Waals surface area (Å²) in [6.07, 6.45) is 8.40. The zero-order valence-electron chi connectivity index (χ0n) is 10.5. The van der Waals surface area contributed by atoms with Crippen LogP contribution < -0.4 is 10.2 Å². The molecule has 0 amide bonds. The Morgan fingerprint density at radius 3 is 2.82 bits per heavy atom. The second-order valence-corrected chi connectivity index (χ2v) is 5.46. The lowest BCUT2D eigenvalue weighted by molar-refractivity contribution is 0.584. The lowest BCUT2D eigenvalue weighted by Gasteiger charge is -2.31. The van der Waals surface area contributed by atoms with Crippen molar-refractivity contribution in [2.75, 3.05) is 31.3 Å². The Balaban J connectivity index is 2.00. The van der Waals surface area contributed by atoms with Gasteiger partial charge in [-0.25, -0.2) is 4.98 Å². The summed E-state index contributed by atoms with van der Waals surface area (Å²) < 4.78 is 0.